The quantitative estimate of drug-likeness (QED) is 0.472. The van der Waals surface area contributed by atoms with Crippen LogP contribution in [0.25, 0.3) is 10.8 Å². The highest BCUT2D eigenvalue weighted by molar-refractivity contribution is 6.30. The van der Waals surface area contributed by atoms with E-state index in [2.05, 4.69) is 20.5 Å². The maximum atomic E-state index is 6.01. The summed E-state index contributed by atoms with van der Waals surface area (Å²) in [7, 11) is 0. The van der Waals surface area contributed by atoms with Gasteiger partial charge in [-0.15, -0.1) is 17.5 Å². The third-order valence-electron chi connectivity index (χ3n) is 4.11. The van der Waals surface area contributed by atoms with Crippen molar-refractivity contribution < 1.29 is 0 Å². The lowest BCUT2D eigenvalue weighted by Gasteiger charge is -2.12. The van der Waals surface area contributed by atoms with Gasteiger partial charge in [-0.3, -0.25) is 4.98 Å². The Balaban J connectivity index is 0.00000210. The van der Waals surface area contributed by atoms with Crippen molar-refractivity contribution in [3.63, 3.8) is 0 Å². The van der Waals surface area contributed by atoms with Gasteiger partial charge in [0, 0.05) is 46.0 Å². The molecule has 2 aromatic heterocycles. The summed E-state index contributed by atoms with van der Waals surface area (Å²) in [5, 5.41) is 14.8. The molecule has 5 nitrogen and oxygen atoms in total. The average Bonchev–Trinajstić information content (AvgIpc) is 2.66. The molecule has 0 spiro atoms. The maximum absolute atomic E-state index is 6.01. The molecule has 7 heteroatoms. The van der Waals surface area contributed by atoms with Crippen molar-refractivity contribution in [2.45, 2.75) is 6.42 Å². The van der Waals surface area contributed by atoms with E-state index in [-0.39, 0.29) is 12.4 Å². The first-order valence-corrected chi connectivity index (χ1v) is 8.53. The van der Waals surface area contributed by atoms with E-state index in [0.717, 1.165) is 27.7 Å². The van der Waals surface area contributed by atoms with Crippen LogP contribution in [0.4, 0.5) is 17.2 Å². The lowest BCUT2D eigenvalue weighted by Crippen LogP contribution is -2.02. The molecule has 0 fully saturated rings. The van der Waals surface area contributed by atoms with Crippen LogP contribution in [0.5, 0.6) is 0 Å². The van der Waals surface area contributed by atoms with Gasteiger partial charge in [-0.25, -0.2) is 0 Å². The number of hydrogen-bond acceptors (Lipinski definition) is 5. The van der Waals surface area contributed by atoms with Crippen LogP contribution in [0.15, 0.2) is 67.0 Å². The fourth-order valence-corrected chi connectivity index (χ4v) is 2.94. The van der Waals surface area contributed by atoms with Crippen LogP contribution in [-0.4, -0.2) is 15.2 Å². The van der Waals surface area contributed by atoms with Crippen LogP contribution in [0, 0.1) is 0 Å². The van der Waals surface area contributed by atoms with Gasteiger partial charge in [0.1, 0.15) is 0 Å². The summed E-state index contributed by atoms with van der Waals surface area (Å²) in [5.74, 6) is 0.660. The normalized spacial score (nSPS) is 10.4. The van der Waals surface area contributed by atoms with Gasteiger partial charge in [0.25, 0.3) is 0 Å². The summed E-state index contributed by atoms with van der Waals surface area (Å²) in [6.07, 6.45) is 4.23. The molecular formula is C20H17Cl2N5. The number of nitrogens with two attached hydrogens (primary N) is 1. The second-order valence-electron chi connectivity index (χ2n) is 5.96. The molecule has 0 radical (unpaired) electrons. The van der Waals surface area contributed by atoms with E-state index in [1.54, 1.807) is 12.4 Å². The summed E-state index contributed by atoms with van der Waals surface area (Å²) >= 11 is 5.95. The summed E-state index contributed by atoms with van der Waals surface area (Å²) in [5.41, 5.74) is 9.60. The van der Waals surface area contributed by atoms with Gasteiger partial charge in [-0.1, -0.05) is 17.7 Å². The number of pyridine rings is 1. The molecule has 0 aliphatic heterocycles. The van der Waals surface area contributed by atoms with E-state index < -0.39 is 0 Å². The molecule has 0 saturated carbocycles. The zero-order valence-corrected chi connectivity index (χ0v) is 15.8. The van der Waals surface area contributed by atoms with Crippen molar-refractivity contribution in [3.05, 3.63) is 83.3 Å². The van der Waals surface area contributed by atoms with E-state index in [1.807, 2.05) is 54.6 Å². The third kappa shape index (κ3) is 4.27. The Hall–Kier alpha value is -2.89. The molecule has 136 valence electrons. The predicted octanol–water partition coefficient (Wildman–Crippen LogP) is 5.02. The first kappa shape index (κ1) is 18.9. The maximum Gasteiger partial charge on any atom is 0.161 e. The van der Waals surface area contributed by atoms with E-state index >= 15 is 0 Å². The fourth-order valence-electron chi connectivity index (χ4n) is 2.81. The number of halogens is 2. The van der Waals surface area contributed by atoms with Gasteiger partial charge in [-0.05, 0) is 54.1 Å². The minimum atomic E-state index is 0. The second-order valence-corrected chi connectivity index (χ2v) is 6.40. The molecule has 0 bridgehead atoms. The topological polar surface area (TPSA) is 76.7 Å². The number of benzene rings is 2. The van der Waals surface area contributed by atoms with Gasteiger partial charge in [0.15, 0.2) is 5.82 Å². The summed E-state index contributed by atoms with van der Waals surface area (Å²) in [6, 6.07) is 17.2. The van der Waals surface area contributed by atoms with Crippen LogP contribution in [0.1, 0.15) is 11.3 Å². The standard InChI is InChI=1S/C20H16ClN5.ClH/c21-14-1-4-16(5-2-14)24-20-18-12-15(22)3-6-17(18)19(25-26-20)11-13-7-9-23-10-8-13;/h1-10,12H,11,22H2,(H,24,26);1H. The number of nitrogen functional groups attached to an aromatic ring is 1. The van der Waals surface area contributed by atoms with Crippen molar-refractivity contribution in [1.82, 2.24) is 15.2 Å². The van der Waals surface area contributed by atoms with E-state index in [9.17, 15) is 0 Å². The summed E-state index contributed by atoms with van der Waals surface area (Å²) < 4.78 is 0. The number of nitrogens with zero attached hydrogens (tertiary/aromatic N) is 3. The Morgan fingerprint density at radius 3 is 2.37 bits per heavy atom. The monoisotopic (exact) mass is 397 g/mol. The number of nitrogens with one attached hydrogen (secondary N) is 1. The number of aromatic nitrogens is 3. The Morgan fingerprint density at radius 1 is 0.889 bits per heavy atom. The molecule has 2 aromatic carbocycles. The van der Waals surface area contributed by atoms with Crippen molar-refractivity contribution in [2.24, 2.45) is 0 Å². The van der Waals surface area contributed by atoms with Gasteiger partial charge in [0.2, 0.25) is 0 Å². The second kappa shape index (κ2) is 8.20. The Morgan fingerprint density at radius 2 is 1.63 bits per heavy atom. The smallest absolute Gasteiger partial charge is 0.161 e. The number of rotatable bonds is 4. The molecule has 0 unspecified atom stereocenters. The molecular weight excluding hydrogens is 381 g/mol. The molecule has 0 aliphatic rings. The SMILES string of the molecule is Cl.Nc1ccc2c(Cc3ccncc3)nnc(Nc3ccc(Cl)cc3)c2c1. The van der Waals surface area contributed by atoms with Crippen LogP contribution in [-0.2, 0) is 6.42 Å². The predicted molar refractivity (Wildman–Crippen MR) is 113 cm³/mol. The highest BCUT2D eigenvalue weighted by Gasteiger charge is 2.11. The Labute approximate surface area is 168 Å². The van der Waals surface area contributed by atoms with Gasteiger partial charge >= 0.3 is 0 Å². The van der Waals surface area contributed by atoms with Gasteiger partial charge < -0.3 is 11.1 Å². The lowest BCUT2D eigenvalue weighted by atomic mass is 10.0. The highest BCUT2D eigenvalue weighted by atomic mass is 35.5. The molecule has 0 amide bonds. The number of anilines is 3. The minimum Gasteiger partial charge on any atom is -0.399 e. The van der Waals surface area contributed by atoms with Crippen molar-refractivity contribution in [2.75, 3.05) is 11.1 Å². The summed E-state index contributed by atoms with van der Waals surface area (Å²) in [6.45, 7) is 0. The molecule has 3 N–H and O–H groups in total. The summed E-state index contributed by atoms with van der Waals surface area (Å²) in [4.78, 5) is 4.06. The van der Waals surface area contributed by atoms with Crippen LogP contribution < -0.4 is 11.1 Å². The molecule has 27 heavy (non-hydrogen) atoms. The highest BCUT2D eigenvalue weighted by Crippen LogP contribution is 2.29. The van der Waals surface area contributed by atoms with Crippen molar-refractivity contribution in [3.8, 4) is 0 Å². The van der Waals surface area contributed by atoms with E-state index in [4.69, 9.17) is 17.3 Å². The van der Waals surface area contributed by atoms with Gasteiger partial charge in [0.05, 0.1) is 5.69 Å². The largest absolute Gasteiger partial charge is 0.399 e. The van der Waals surface area contributed by atoms with Gasteiger partial charge in [-0.2, -0.15) is 5.10 Å². The van der Waals surface area contributed by atoms with E-state index in [0.29, 0.717) is 22.9 Å². The fraction of sp³-hybridized carbons (Fsp3) is 0.0500. The molecule has 0 atom stereocenters. The first-order valence-electron chi connectivity index (χ1n) is 8.15. The Bertz CT molecular complexity index is 1050. The molecule has 0 aliphatic carbocycles. The Kier molecular flexibility index (Phi) is 5.74. The average molecular weight is 398 g/mol. The minimum absolute atomic E-state index is 0. The lowest BCUT2D eigenvalue weighted by molar-refractivity contribution is 0.960. The van der Waals surface area contributed by atoms with Crippen molar-refractivity contribution >= 4 is 52.0 Å². The zero-order chi connectivity index (χ0) is 17.9. The van der Waals surface area contributed by atoms with Crippen molar-refractivity contribution in [1.29, 1.82) is 0 Å². The number of hydrogen-bond donors (Lipinski definition) is 2. The molecule has 4 rings (SSSR count). The first-order chi connectivity index (χ1) is 12.7. The number of fused-ring (bicyclic) bond motifs is 1. The molecule has 4 aromatic rings. The molecule has 0 saturated heterocycles. The van der Waals surface area contributed by atoms with Crippen LogP contribution >= 0.6 is 24.0 Å². The van der Waals surface area contributed by atoms with Crippen LogP contribution in [0.3, 0.4) is 0 Å². The molecule has 2 heterocycles. The zero-order valence-electron chi connectivity index (χ0n) is 14.3. The van der Waals surface area contributed by atoms with E-state index in [1.165, 1.54) is 0 Å². The van der Waals surface area contributed by atoms with Crippen LogP contribution in [0.2, 0.25) is 5.02 Å². The third-order valence-corrected chi connectivity index (χ3v) is 4.36.